The van der Waals surface area contributed by atoms with Crippen LogP contribution in [0.4, 0.5) is 22.4 Å². The van der Waals surface area contributed by atoms with Crippen molar-refractivity contribution in [1.29, 1.82) is 0 Å². The quantitative estimate of drug-likeness (QED) is 0.0176. The van der Waals surface area contributed by atoms with E-state index < -0.39 is 96.8 Å². The third-order valence-electron chi connectivity index (χ3n) is 15.5. The molecule has 1 saturated heterocycles. The molecule has 5 atom stereocenters. The number of hydrogen-bond donors (Lipinski definition) is 10. The fraction of sp³-hybridized carbons (Fsp3) is 0.365. The lowest BCUT2D eigenvalue weighted by atomic mass is 9.99. The first-order valence-corrected chi connectivity index (χ1v) is 30.6. The zero-order chi connectivity index (χ0) is 70.8. The number of imidazole rings is 2. The standard InChI is InChI=1S/C63H70N14O21/c1-7-76-41(24-32(3)70-76)55(85)68-61-66-39-26-35(57(87)88)28-43(94-6)49(39)74(61)20-9-10-21-75-50-40(67-62(75)69-56(86)42-25-33(4)71-77(42)8-2)27-36(58(89)90)29-44(50)95-23-11-19-72(5)63(93)96-31-34-12-13-37(97-60-53(84)51(82)52(83)54(98-60)59(91)92)30-38(34)65-46(79)16-18-64-45(78)17-22-73-47(80)14-15-48(73)81/h9-10,12-15,24-30,51-54,60,82-84H,7-8,11,16-23,31H2,1-6H3,(H,64,78)(H,65,79)(H,87,88)(H,89,90)(H,91,92)(H,66,68,85)(H,67,69,86)/b10-9+/t51-,52-,53+,54-,60+/m0/s1. The van der Waals surface area contributed by atoms with Crippen molar-refractivity contribution in [3.05, 3.63) is 118 Å². The number of aliphatic hydroxyl groups excluding tert-OH is 3. The number of fused-ring (bicyclic) bond motifs is 2. The molecule has 0 saturated carbocycles. The largest absolute Gasteiger partial charge is 0.494 e. The van der Waals surface area contributed by atoms with Gasteiger partial charge in [-0.25, -0.2) is 29.1 Å². The van der Waals surface area contributed by atoms with E-state index >= 15 is 0 Å². The van der Waals surface area contributed by atoms with Crippen molar-refractivity contribution in [2.75, 3.05) is 56.3 Å². The molecule has 518 valence electrons. The molecule has 0 radical (unpaired) electrons. The normalized spacial score (nSPS) is 16.7. The molecule has 0 aliphatic carbocycles. The van der Waals surface area contributed by atoms with Crippen LogP contribution in [0.2, 0.25) is 0 Å². The van der Waals surface area contributed by atoms with Crippen molar-refractivity contribution < 1.29 is 102 Å². The van der Waals surface area contributed by atoms with Crippen molar-refractivity contribution in [3.63, 3.8) is 0 Å². The van der Waals surface area contributed by atoms with E-state index in [2.05, 4.69) is 41.4 Å². The maximum Gasteiger partial charge on any atom is 0.409 e. The van der Waals surface area contributed by atoms with Crippen LogP contribution in [0.3, 0.4) is 0 Å². The maximum absolute atomic E-state index is 14.1. The van der Waals surface area contributed by atoms with E-state index in [1.807, 2.05) is 6.92 Å². The predicted molar refractivity (Wildman–Crippen MR) is 341 cm³/mol. The van der Waals surface area contributed by atoms with E-state index in [4.69, 9.17) is 23.7 Å². The summed E-state index contributed by atoms with van der Waals surface area (Å²) in [5.41, 5.74) is 2.26. The van der Waals surface area contributed by atoms with Gasteiger partial charge in [-0.3, -0.25) is 53.7 Å². The number of aliphatic hydroxyl groups is 3. The second-order valence-corrected chi connectivity index (χ2v) is 22.4. The second kappa shape index (κ2) is 30.9. The summed E-state index contributed by atoms with van der Waals surface area (Å²) >= 11 is 0. The molecule has 0 unspecified atom stereocenters. The number of hydrogen-bond acceptors (Lipinski definition) is 22. The molecule has 7 amide bonds. The van der Waals surface area contributed by atoms with Gasteiger partial charge in [-0.05, 0) is 82.6 Å². The first-order chi connectivity index (χ1) is 46.8. The highest BCUT2D eigenvalue weighted by molar-refractivity contribution is 6.13. The molecular formula is C63H70N14O21. The van der Waals surface area contributed by atoms with Crippen molar-refractivity contribution in [2.45, 2.75) is 110 Å². The Morgan fingerprint density at radius 3 is 1.80 bits per heavy atom. The summed E-state index contributed by atoms with van der Waals surface area (Å²) in [6, 6.07) is 12.3. The van der Waals surface area contributed by atoms with Gasteiger partial charge in [0, 0.05) is 89.5 Å². The number of nitrogens with one attached hydrogen (secondary N) is 4. The van der Waals surface area contributed by atoms with Crippen LogP contribution in [0, 0.1) is 13.8 Å². The number of carboxylic acids is 3. The molecule has 35 heteroatoms. The molecule has 2 aliphatic heterocycles. The summed E-state index contributed by atoms with van der Waals surface area (Å²) in [5, 5.41) is 80.6. The molecule has 2 aliphatic rings. The van der Waals surface area contributed by atoms with Crippen LogP contribution in [0.1, 0.15) is 91.8 Å². The van der Waals surface area contributed by atoms with Crippen molar-refractivity contribution in [3.8, 4) is 17.2 Å². The number of imide groups is 1. The minimum Gasteiger partial charge on any atom is -0.494 e. The van der Waals surface area contributed by atoms with Gasteiger partial charge in [-0.15, -0.1) is 0 Å². The summed E-state index contributed by atoms with van der Waals surface area (Å²) < 4.78 is 34.7. The van der Waals surface area contributed by atoms with Crippen LogP contribution in [-0.4, -0.2) is 210 Å². The van der Waals surface area contributed by atoms with Crippen LogP contribution >= 0.6 is 0 Å². The number of nitrogens with zero attached hydrogens (tertiary/aromatic N) is 10. The number of ether oxygens (including phenoxy) is 5. The van der Waals surface area contributed by atoms with E-state index in [0.29, 0.717) is 30.0 Å². The number of anilines is 3. The Kier molecular flexibility index (Phi) is 22.3. The van der Waals surface area contributed by atoms with Gasteiger partial charge in [-0.1, -0.05) is 12.2 Å². The summed E-state index contributed by atoms with van der Waals surface area (Å²) in [5.74, 6) is -7.79. The van der Waals surface area contributed by atoms with Gasteiger partial charge in [0.1, 0.15) is 64.6 Å². The Bertz CT molecular complexity index is 4320. The number of aryl methyl sites for hydroxylation is 4. The number of aliphatic carboxylic acids is 1. The first-order valence-electron chi connectivity index (χ1n) is 30.6. The van der Waals surface area contributed by atoms with Gasteiger partial charge >= 0.3 is 24.0 Å². The first kappa shape index (κ1) is 70.7. The van der Waals surface area contributed by atoms with E-state index in [1.54, 1.807) is 54.2 Å². The van der Waals surface area contributed by atoms with Gasteiger partial charge in [-0.2, -0.15) is 10.2 Å². The molecule has 10 N–H and O–H groups in total. The second-order valence-electron chi connectivity index (χ2n) is 22.4. The highest BCUT2D eigenvalue weighted by Crippen LogP contribution is 2.35. The highest BCUT2D eigenvalue weighted by atomic mass is 16.7. The zero-order valence-corrected chi connectivity index (χ0v) is 53.7. The monoisotopic (exact) mass is 1360 g/mol. The van der Waals surface area contributed by atoms with Crippen LogP contribution in [0.5, 0.6) is 17.2 Å². The van der Waals surface area contributed by atoms with Crippen LogP contribution in [0.25, 0.3) is 22.1 Å². The number of methoxy groups -OCH3 is 1. The summed E-state index contributed by atoms with van der Waals surface area (Å²) in [6.45, 7) is 6.69. The number of allylic oxidation sites excluding steroid dienone is 2. The van der Waals surface area contributed by atoms with Crippen LogP contribution in [0.15, 0.2) is 78.9 Å². The molecule has 7 aromatic rings. The van der Waals surface area contributed by atoms with Gasteiger partial charge in [0.15, 0.2) is 6.10 Å². The molecule has 6 heterocycles. The molecule has 4 aromatic heterocycles. The molecule has 35 nitrogen and oxygen atoms in total. The number of amides is 7. The van der Waals surface area contributed by atoms with Crippen molar-refractivity contribution >= 4 is 99.1 Å². The lowest BCUT2D eigenvalue weighted by Gasteiger charge is -2.38. The minimum atomic E-state index is -2.02. The average molecular weight is 1360 g/mol. The predicted octanol–water partition coefficient (Wildman–Crippen LogP) is 2.67. The molecule has 1 fully saturated rings. The van der Waals surface area contributed by atoms with Gasteiger partial charge in [0.2, 0.25) is 30.0 Å². The Morgan fingerprint density at radius 1 is 0.694 bits per heavy atom. The van der Waals surface area contributed by atoms with Crippen molar-refractivity contribution in [1.82, 2.24) is 53.8 Å². The Hall–Kier alpha value is -11.6. The van der Waals surface area contributed by atoms with Crippen LogP contribution in [-0.2, 0) is 66.2 Å². The average Bonchev–Trinajstić information content (AvgIpc) is 1.60. The van der Waals surface area contributed by atoms with Crippen LogP contribution < -0.4 is 35.5 Å². The lowest BCUT2D eigenvalue weighted by Crippen LogP contribution is -2.61. The van der Waals surface area contributed by atoms with Gasteiger partial charge < -0.3 is 79.0 Å². The molecule has 3 aromatic carbocycles. The van der Waals surface area contributed by atoms with E-state index in [-0.39, 0.29) is 138 Å². The molecule has 98 heavy (non-hydrogen) atoms. The number of carbonyl (C=O) groups is 10. The highest BCUT2D eigenvalue weighted by Gasteiger charge is 2.48. The summed E-state index contributed by atoms with van der Waals surface area (Å²) in [7, 11) is 2.77. The minimum absolute atomic E-state index is 0.00954. The molecule has 9 rings (SSSR count). The Morgan fingerprint density at radius 2 is 1.26 bits per heavy atom. The number of carboxylic acid groups (broad SMARTS) is 3. The number of benzene rings is 3. The smallest absolute Gasteiger partial charge is 0.409 e. The Balaban J connectivity index is 0.920. The third-order valence-corrected chi connectivity index (χ3v) is 15.5. The number of rotatable bonds is 30. The summed E-state index contributed by atoms with van der Waals surface area (Å²) in [6.07, 6.45) is -5.61. The topological polar surface area (TPSA) is 464 Å². The zero-order valence-electron chi connectivity index (χ0n) is 53.7. The van der Waals surface area contributed by atoms with Crippen molar-refractivity contribution in [2.24, 2.45) is 0 Å². The number of carbonyl (C=O) groups excluding carboxylic acids is 7. The summed E-state index contributed by atoms with van der Waals surface area (Å²) in [4.78, 5) is 139. The number of aromatic nitrogens is 8. The number of aromatic carboxylic acids is 2. The van der Waals surface area contributed by atoms with Gasteiger partial charge in [0.05, 0.1) is 53.0 Å². The lowest BCUT2D eigenvalue weighted by molar-refractivity contribution is -0.271. The molecule has 0 bridgehead atoms. The molecular weight excluding hydrogens is 1290 g/mol. The van der Waals surface area contributed by atoms with Gasteiger partial charge in [0.25, 0.3) is 23.6 Å². The maximum atomic E-state index is 14.1. The fourth-order valence-electron chi connectivity index (χ4n) is 10.6. The van der Waals surface area contributed by atoms with E-state index in [0.717, 1.165) is 17.1 Å². The van der Waals surface area contributed by atoms with E-state index in [9.17, 15) is 78.6 Å². The van der Waals surface area contributed by atoms with E-state index in [1.165, 1.54) is 70.9 Å². The third kappa shape index (κ3) is 16.2. The molecule has 0 spiro atoms. The Labute approximate surface area is 555 Å². The fourth-order valence-corrected chi connectivity index (χ4v) is 10.6. The SMILES string of the molecule is CCn1nc(C)cc1C(=O)Nc1nc2cc(C(=O)O)cc(OC)c2n1C/C=C/Cn1c(NC(=O)c2cc(C)nn2CC)nc2cc(C(=O)O)cc(OCCCN(C)C(=O)OCc3ccc(O[C@@H]4O[C@H](C(=O)O)[C@@H](O)[C@H](O)[C@H]4O)cc3NC(=O)CCNC(=O)CCN3C(=O)C=CC3=O)c21.